The van der Waals surface area contributed by atoms with Crippen LogP contribution in [0.1, 0.15) is 24.4 Å². The van der Waals surface area contributed by atoms with Crippen LogP contribution in [0.3, 0.4) is 0 Å². The van der Waals surface area contributed by atoms with Gasteiger partial charge in [0.1, 0.15) is 6.04 Å². The fraction of sp³-hybridized carbons (Fsp3) is 0.538. The Hall–Kier alpha value is -1.37. The summed E-state index contributed by atoms with van der Waals surface area (Å²) in [5, 5.41) is 0. The number of anilines is 1. The van der Waals surface area contributed by atoms with E-state index >= 15 is 0 Å². The summed E-state index contributed by atoms with van der Waals surface area (Å²) in [5.41, 5.74) is 5.67. The third-order valence-electron chi connectivity index (χ3n) is 3.49. The van der Waals surface area contributed by atoms with Crippen molar-refractivity contribution >= 4 is 5.69 Å². The summed E-state index contributed by atoms with van der Waals surface area (Å²) in [6.45, 7) is 1.73. The molecule has 2 N–H and O–H groups in total. The van der Waals surface area contributed by atoms with Gasteiger partial charge in [0.05, 0.1) is 0 Å². The number of nitrogens with two attached hydrogens (primary N) is 1. The minimum absolute atomic E-state index is 0.227. The van der Waals surface area contributed by atoms with E-state index in [2.05, 4.69) is 4.90 Å². The first-order valence-electron chi connectivity index (χ1n) is 6.28. The molecular weight excluding hydrogens is 279 g/mol. The number of hydrogen-bond acceptors (Lipinski definition) is 2. The lowest BCUT2D eigenvalue weighted by atomic mass is 10.0. The van der Waals surface area contributed by atoms with Crippen LogP contribution in [0.5, 0.6) is 0 Å². The van der Waals surface area contributed by atoms with Gasteiger partial charge in [-0.05, 0) is 30.5 Å². The number of rotatable bonds is 3. The maximum absolute atomic E-state index is 13.2. The van der Waals surface area contributed by atoms with Crippen LogP contribution >= 0.6 is 0 Å². The molecule has 0 aromatic heterocycles. The summed E-state index contributed by atoms with van der Waals surface area (Å²) < 4.78 is 63.1. The normalized spacial score (nSPS) is 18.4. The maximum atomic E-state index is 13.2. The predicted octanol–water partition coefficient (Wildman–Crippen LogP) is 3.48. The molecule has 1 heterocycles. The number of alkyl halides is 5. The van der Waals surface area contributed by atoms with E-state index in [4.69, 9.17) is 5.73 Å². The van der Waals surface area contributed by atoms with Gasteiger partial charge in [0.25, 0.3) is 0 Å². The SMILES string of the molecule is N[C@H](c1ccc(N2CCCC2)cc1)C(F)(F)C(F)(F)F. The summed E-state index contributed by atoms with van der Waals surface area (Å²) in [4.78, 5) is 2.05. The van der Waals surface area contributed by atoms with Gasteiger partial charge in [-0.25, -0.2) is 0 Å². The highest BCUT2D eigenvalue weighted by Crippen LogP contribution is 2.43. The lowest BCUT2D eigenvalue weighted by molar-refractivity contribution is -0.291. The lowest BCUT2D eigenvalue weighted by Crippen LogP contribution is -2.45. The van der Waals surface area contributed by atoms with Gasteiger partial charge < -0.3 is 10.6 Å². The van der Waals surface area contributed by atoms with Crippen LogP contribution in [0.25, 0.3) is 0 Å². The fourth-order valence-corrected chi connectivity index (χ4v) is 2.25. The Balaban J connectivity index is 2.17. The van der Waals surface area contributed by atoms with E-state index in [9.17, 15) is 22.0 Å². The van der Waals surface area contributed by atoms with Gasteiger partial charge in [0, 0.05) is 18.8 Å². The summed E-state index contributed by atoms with van der Waals surface area (Å²) in [5.74, 6) is -4.94. The molecule has 0 aliphatic carbocycles. The van der Waals surface area contributed by atoms with E-state index in [0.717, 1.165) is 31.6 Å². The van der Waals surface area contributed by atoms with Crippen LogP contribution in [-0.4, -0.2) is 25.2 Å². The second-order valence-electron chi connectivity index (χ2n) is 4.88. The highest BCUT2D eigenvalue weighted by atomic mass is 19.4. The van der Waals surface area contributed by atoms with Crippen LogP contribution < -0.4 is 10.6 Å². The summed E-state index contributed by atoms with van der Waals surface area (Å²) in [7, 11) is 0. The Bertz CT molecular complexity index is 449. The van der Waals surface area contributed by atoms with Gasteiger partial charge in [0.15, 0.2) is 0 Å². The first kappa shape index (κ1) is 15.0. The topological polar surface area (TPSA) is 29.3 Å². The van der Waals surface area contributed by atoms with Crippen molar-refractivity contribution in [1.29, 1.82) is 0 Å². The highest BCUT2D eigenvalue weighted by molar-refractivity contribution is 5.48. The first-order chi connectivity index (χ1) is 9.23. The van der Waals surface area contributed by atoms with Crippen molar-refractivity contribution in [3.8, 4) is 0 Å². The first-order valence-corrected chi connectivity index (χ1v) is 6.28. The minimum Gasteiger partial charge on any atom is -0.372 e. The summed E-state index contributed by atoms with van der Waals surface area (Å²) in [6, 6.07) is 3.14. The molecule has 1 fully saturated rings. The van der Waals surface area contributed by atoms with Crippen molar-refractivity contribution in [2.24, 2.45) is 5.73 Å². The third-order valence-corrected chi connectivity index (χ3v) is 3.49. The zero-order valence-electron chi connectivity index (χ0n) is 10.6. The molecule has 1 saturated heterocycles. The predicted molar refractivity (Wildman–Crippen MR) is 65.8 cm³/mol. The van der Waals surface area contributed by atoms with Crippen molar-refractivity contribution in [3.05, 3.63) is 29.8 Å². The van der Waals surface area contributed by atoms with Crippen molar-refractivity contribution in [2.45, 2.75) is 31.0 Å². The molecule has 112 valence electrons. The van der Waals surface area contributed by atoms with Crippen molar-refractivity contribution in [1.82, 2.24) is 0 Å². The van der Waals surface area contributed by atoms with Gasteiger partial charge >= 0.3 is 12.1 Å². The van der Waals surface area contributed by atoms with Gasteiger partial charge in [-0.15, -0.1) is 0 Å². The summed E-state index contributed by atoms with van der Waals surface area (Å²) >= 11 is 0. The molecule has 2 nitrogen and oxygen atoms in total. The Kier molecular flexibility index (Phi) is 3.90. The van der Waals surface area contributed by atoms with Crippen LogP contribution in [0.4, 0.5) is 27.6 Å². The number of halogens is 5. The fourth-order valence-electron chi connectivity index (χ4n) is 2.25. The van der Waals surface area contributed by atoms with Crippen LogP contribution in [0, 0.1) is 0 Å². The molecule has 0 saturated carbocycles. The average molecular weight is 294 g/mol. The van der Waals surface area contributed by atoms with E-state index in [0.29, 0.717) is 0 Å². The van der Waals surface area contributed by atoms with Crippen molar-refractivity contribution in [2.75, 3.05) is 18.0 Å². The molecule has 2 rings (SSSR count). The zero-order valence-corrected chi connectivity index (χ0v) is 10.6. The highest BCUT2D eigenvalue weighted by Gasteiger charge is 2.61. The Morgan fingerprint density at radius 3 is 1.90 bits per heavy atom. The molecule has 1 aliphatic rings. The molecule has 0 radical (unpaired) electrons. The van der Waals surface area contributed by atoms with Gasteiger partial charge in [-0.1, -0.05) is 12.1 Å². The molecular formula is C13H15F5N2. The minimum atomic E-state index is -5.65. The van der Waals surface area contributed by atoms with Crippen molar-refractivity contribution in [3.63, 3.8) is 0 Å². The number of benzene rings is 1. The van der Waals surface area contributed by atoms with E-state index in [-0.39, 0.29) is 5.56 Å². The van der Waals surface area contributed by atoms with E-state index in [1.807, 2.05) is 0 Å². The van der Waals surface area contributed by atoms with Gasteiger partial charge in [-0.3, -0.25) is 0 Å². The Morgan fingerprint density at radius 1 is 0.950 bits per heavy atom. The molecule has 0 bridgehead atoms. The molecule has 0 spiro atoms. The molecule has 1 aliphatic heterocycles. The van der Waals surface area contributed by atoms with E-state index in [1.165, 1.54) is 24.3 Å². The standard InChI is InChI=1S/C13H15F5N2/c14-12(15,13(16,17)18)11(19)9-3-5-10(6-4-9)20-7-1-2-8-20/h3-6,11H,1-2,7-8,19H2/t11-/m1/s1. The largest absolute Gasteiger partial charge is 0.455 e. The van der Waals surface area contributed by atoms with E-state index < -0.39 is 18.1 Å². The monoisotopic (exact) mass is 294 g/mol. The zero-order chi connectivity index (χ0) is 15.0. The molecule has 7 heteroatoms. The molecule has 1 atom stereocenters. The van der Waals surface area contributed by atoms with E-state index in [1.54, 1.807) is 0 Å². The quantitative estimate of drug-likeness (QED) is 0.865. The number of nitrogens with zero attached hydrogens (tertiary/aromatic N) is 1. The Morgan fingerprint density at radius 2 is 1.45 bits per heavy atom. The Labute approximate surface area is 113 Å². The van der Waals surface area contributed by atoms with Crippen molar-refractivity contribution < 1.29 is 22.0 Å². The van der Waals surface area contributed by atoms with Gasteiger partial charge in [0.2, 0.25) is 0 Å². The number of hydrogen-bond donors (Lipinski definition) is 1. The summed E-state index contributed by atoms with van der Waals surface area (Å²) in [6.07, 6.45) is -3.55. The van der Waals surface area contributed by atoms with Gasteiger partial charge in [-0.2, -0.15) is 22.0 Å². The molecule has 20 heavy (non-hydrogen) atoms. The smallest absolute Gasteiger partial charge is 0.372 e. The molecule has 1 aromatic rings. The average Bonchev–Trinajstić information content (AvgIpc) is 2.90. The second kappa shape index (κ2) is 5.20. The van der Waals surface area contributed by atoms with Crippen LogP contribution in [0.2, 0.25) is 0 Å². The molecule has 0 amide bonds. The third kappa shape index (κ3) is 2.72. The lowest BCUT2D eigenvalue weighted by Gasteiger charge is -2.26. The molecule has 1 aromatic carbocycles. The van der Waals surface area contributed by atoms with Crippen LogP contribution in [-0.2, 0) is 0 Å². The van der Waals surface area contributed by atoms with Crippen LogP contribution in [0.15, 0.2) is 24.3 Å². The second-order valence-corrected chi connectivity index (χ2v) is 4.88. The maximum Gasteiger partial charge on any atom is 0.455 e. The molecule has 0 unspecified atom stereocenters.